The summed E-state index contributed by atoms with van der Waals surface area (Å²) in [7, 11) is 1.95. The molecule has 0 saturated heterocycles. The maximum Gasteiger partial charge on any atom is 0.147 e. The maximum absolute atomic E-state index is 4.34. The highest BCUT2D eigenvalue weighted by Gasteiger charge is 2.21. The number of hydrogen-bond donors (Lipinski definition) is 0. The first-order valence-corrected chi connectivity index (χ1v) is 5.61. The summed E-state index contributed by atoms with van der Waals surface area (Å²) in [6, 6.07) is 3.99. The highest BCUT2D eigenvalue weighted by Crippen LogP contribution is 2.40. The average Bonchev–Trinajstić information content (AvgIpc) is 2.29. The molecule has 82 valence electrons. The molecule has 0 amide bonds. The second-order valence-electron chi connectivity index (χ2n) is 3.29. The van der Waals surface area contributed by atoms with E-state index in [0.29, 0.717) is 0 Å². The number of hydrogen-bond acceptors (Lipinski definition) is 4. The second kappa shape index (κ2) is 4.49. The van der Waals surface area contributed by atoms with Crippen LogP contribution in [0.2, 0.25) is 0 Å². The van der Waals surface area contributed by atoms with E-state index in [0.717, 1.165) is 21.4 Å². The molecule has 5 heteroatoms. The van der Waals surface area contributed by atoms with Crippen molar-refractivity contribution in [3.8, 4) is 0 Å². The lowest BCUT2D eigenvalue weighted by Gasteiger charge is -2.26. The molecule has 0 aliphatic carbocycles. The zero-order chi connectivity index (χ0) is 11.5. The molecule has 0 spiro atoms. The molecule has 1 aliphatic rings. The molecular formula is C11H12N4S. The number of rotatable bonds is 2. The first-order valence-electron chi connectivity index (χ1n) is 4.80. The highest BCUT2D eigenvalue weighted by atomic mass is 32.2. The van der Waals surface area contributed by atoms with Crippen LogP contribution in [0.4, 0.5) is 5.82 Å². The van der Waals surface area contributed by atoms with Crippen molar-refractivity contribution < 1.29 is 0 Å². The SMILES string of the molecule is C=NC=NC1=C(C)Sc2cccnc2N1C. The van der Waals surface area contributed by atoms with Crippen molar-refractivity contribution in [2.24, 2.45) is 9.98 Å². The fourth-order valence-corrected chi connectivity index (χ4v) is 2.57. The Kier molecular flexibility index (Phi) is 3.05. The summed E-state index contributed by atoms with van der Waals surface area (Å²) in [4.78, 5) is 16.5. The fourth-order valence-electron chi connectivity index (χ4n) is 1.53. The summed E-state index contributed by atoms with van der Waals surface area (Å²) in [5.74, 6) is 1.79. The predicted molar refractivity (Wildman–Crippen MR) is 69.2 cm³/mol. The Labute approximate surface area is 98.8 Å². The van der Waals surface area contributed by atoms with Gasteiger partial charge in [0.15, 0.2) is 0 Å². The monoisotopic (exact) mass is 232 g/mol. The Bertz CT molecular complexity index is 479. The molecule has 2 rings (SSSR count). The van der Waals surface area contributed by atoms with Crippen LogP contribution >= 0.6 is 11.8 Å². The van der Waals surface area contributed by atoms with Gasteiger partial charge in [-0.3, -0.25) is 4.99 Å². The van der Waals surface area contributed by atoms with Crippen LogP contribution in [0.1, 0.15) is 6.92 Å². The van der Waals surface area contributed by atoms with Crippen molar-refractivity contribution in [1.82, 2.24) is 4.98 Å². The number of pyridine rings is 1. The molecule has 0 bridgehead atoms. The van der Waals surface area contributed by atoms with Crippen molar-refractivity contribution in [1.29, 1.82) is 0 Å². The molecule has 1 aromatic rings. The zero-order valence-electron chi connectivity index (χ0n) is 9.21. The van der Waals surface area contributed by atoms with Gasteiger partial charge in [0.2, 0.25) is 0 Å². The van der Waals surface area contributed by atoms with E-state index in [-0.39, 0.29) is 0 Å². The van der Waals surface area contributed by atoms with E-state index in [1.165, 1.54) is 6.34 Å². The van der Waals surface area contributed by atoms with Gasteiger partial charge in [-0.05, 0) is 25.8 Å². The maximum atomic E-state index is 4.34. The van der Waals surface area contributed by atoms with Crippen LogP contribution in [-0.4, -0.2) is 25.1 Å². The standard InChI is InChI=1S/C11H12N4S/c1-8-10(14-7-12-2)15(3)11-9(16-8)5-4-6-13-11/h4-7H,2H2,1,3H3. The van der Waals surface area contributed by atoms with Crippen LogP contribution in [0, 0.1) is 0 Å². The molecule has 0 radical (unpaired) electrons. The Morgan fingerprint density at radius 3 is 3.12 bits per heavy atom. The van der Waals surface area contributed by atoms with Gasteiger partial charge in [-0.2, -0.15) is 0 Å². The summed E-state index contributed by atoms with van der Waals surface area (Å²) in [5, 5.41) is 0. The van der Waals surface area contributed by atoms with E-state index in [1.807, 2.05) is 24.9 Å². The van der Waals surface area contributed by atoms with Crippen LogP contribution in [0.3, 0.4) is 0 Å². The second-order valence-corrected chi connectivity index (χ2v) is 4.55. The summed E-state index contributed by atoms with van der Waals surface area (Å²) in [6.45, 7) is 5.41. The van der Waals surface area contributed by atoms with Crippen LogP contribution in [0.5, 0.6) is 0 Å². The van der Waals surface area contributed by atoms with Crippen molar-refractivity contribution in [2.75, 3.05) is 11.9 Å². The van der Waals surface area contributed by atoms with Crippen LogP contribution < -0.4 is 4.90 Å². The van der Waals surface area contributed by atoms with Gasteiger partial charge < -0.3 is 4.90 Å². The van der Waals surface area contributed by atoms with Gasteiger partial charge in [-0.15, -0.1) is 0 Å². The summed E-state index contributed by atoms with van der Waals surface area (Å²) in [5.41, 5.74) is 0. The van der Waals surface area contributed by atoms with E-state index >= 15 is 0 Å². The van der Waals surface area contributed by atoms with Crippen molar-refractivity contribution in [2.45, 2.75) is 11.8 Å². The molecule has 16 heavy (non-hydrogen) atoms. The quantitative estimate of drug-likeness (QED) is 0.581. The summed E-state index contributed by atoms with van der Waals surface area (Å²) >= 11 is 1.67. The Morgan fingerprint density at radius 1 is 1.56 bits per heavy atom. The van der Waals surface area contributed by atoms with Crippen LogP contribution in [0.25, 0.3) is 0 Å². The summed E-state index contributed by atoms with van der Waals surface area (Å²) < 4.78 is 0. The molecule has 2 heterocycles. The number of allylic oxidation sites excluding steroid dienone is 1. The molecule has 0 saturated carbocycles. The third kappa shape index (κ3) is 1.86. The molecular weight excluding hydrogens is 220 g/mol. The molecule has 4 nitrogen and oxygen atoms in total. The molecule has 0 unspecified atom stereocenters. The molecule has 0 atom stereocenters. The van der Waals surface area contributed by atoms with E-state index in [9.17, 15) is 0 Å². The first-order chi connectivity index (χ1) is 7.74. The van der Waals surface area contributed by atoms with E-state index in [2.05, 4.69) is 27.8 Å². The fraction of sp³-hybridized carbons (Fsp3) is 0.182. The zero-order valence-corrected chi connectivity index (χ0v) is 10.0. The van der Waals surface area contributed by atoms with Crippen molar-refractivity contribution >= 4 is 30.6 Å². The van der Waals surface area contributed by atoms with Gasteiger partial charge in [0.05, 0.1) is 4.90 Å². The van der Waals surface area contributed by atoms with Crippen molar-refractivity contribution in [3.63, 3.8) is 0 Å². The van der Waals surface area contributed by atoms with E-state index < -0.39 is 0 Å². The summed E-state index contributed by atoms with van der Waals surface area (Å²) in [6.07, 6.45) is 3.23. The third-order valence-corrected chi connectivity index (χ3v) is 3.25. The third-order valence-electron chi connectivity index (χ3n) is 2.23. The number of anilines is 1. The highest BCUT2D eigenvalue weighted by molar-refractivity contribution is 8.03. The topological polar surface area (TPSA) is 40.9 Å². The average molecular weight is 232 g/mol. The van der Waals surface area contributed by atoms with Gasteiger partial charge in [0.25, 0.3) is 0 Å². The Morgan fingerprint density at radius 2 is 2.38 bits per heavy atom. The largest absolute Gasteiger partial charge is 0.312 e. The smallest absolute Gasteiger partial charge is 0.147 e. The molecule has 1 aliphatic heterocycles. The van der Waals surface area contributed by atoms with Gasteiger partial charge in [-0.1, -0.05) is 11.8 Å². The lowest BCUT2D eigenvalue weighted by molar-refractivity contribution is 0.975. The van der Waals surface area contributed by atoms with Gasteiger partial charge >= 0.3 is 0 Å². The van der Waals surface area contributed by atoms with Crippen LogP contribution in [0.15, 0.2) is 43.9 Å². The number of aliphatic imine (C=N–C) groups is 2. The molecule has 0 N–H and O–H groups in total. The minimum absolute atomic E-state index is 0.864. The first kappa shape index (κ1) is 10.9. The number of aromatic nitrogens is 1. The lowest BCUT2D eigenvalue weighted by Crippen LogP contribution is -2.20. The predicted octanol–water partition coefficient (Wildman–Crippen LogP) is 2.54. The van der Waals surface area contributed by atoms with Crippen molar-refractivity contribution in [3.05, 3.63) is 29.1 Å². The molecule has 0 aromatic carbocycles. The van der Waals surface area contributed by atoms with Gasteiger partial charge in [-0.25, -0.2) is 9.98 Å². The van der Waals surface area contributed by atoms with E-state index in [1.54, 1.807) is 18.0 Å². The minimum Gasteiger partial charge on any atom is -0.312 e. The normalized spacial score (nSPS) is 15.5. The molecule has 0 fully saturated rings. The van der Waals surface area contributed by atoms with E-state index in [4.69, 9.17) is 0 Å². The number of nitrogens with zero attached hydrogens (tertiary/aromatic N) is 4. The lowest BCUT2D eigenvalue weighted by atomic mass is 10.4. The van der Waals surface area contributed by atoms with Gasteiger partial charge in [0, 0.05) is 18.1 Å². The minimum atomic E-state index is 0.864. The Hall–Kier alpha value is -1.62. The van der Waals surface area contributed by atoms with Gasteiger partial charge in [0.1, 0.15) is 18.0 Å². The van der Waals surface area contributed by atoms with Crippen LogP contribution in [-0.2, 0) is 0 Å². The molecule has 1 aromatic heterocycles. The number of fused-ring (bicyclic) bond motifs is 1. The number of thioether (sulfide) groups is 1. The Balaban J connectivity index is 2.43.